The fourth-order valence-electron chi connectivity index (χ4n) is 7.05. The van der Waals surface area contributed by atoms with Crippen molar-refractivity contribution in [1.82, 2.24) is 0 Å². The van der Waals surface area contributed by atoms with Gasteiger partial charge < -0.3 is 0 Å². The van der Waals surface area contributed by atoms with Crippen molar-refractivity contribution in [3.63, 3.8) is 0 Å². The molecule has 0 radical (unpaired) electrons. The average molecular weight is 1030 g/mol. The number of fused-ring (bicyclic) bond motifs is 2. The molecule has 2 heteroatoms. The topological polar surface area (TPSA) is 0 Å². The Kier molecular flexibility index (Phi) is 9.53. The van der Waals surface area contributed by atoms with Crippen molar-refractivity contribution in [3.8, 4) is 11.1 Å². The van der Waals surface area contributed by atoms with E-state index in [4.69, 9.17) is 0 Å². The standard InChI is InChI=1S/C20H12.4C7H7.2Bi/c1-3-11-17-15(7-1)9-5-13-19(17)20-14-6-10-16-8-2-4-12-18(16)20;4*1-7-5-3-2-4-6-7;;/h1-12H;4*3-6H,1H3;;. The molecule has 0 aliphatic rings. The molecule has 242 valence electrons. The van der Waals surface area contributed by atoms with Gasteiger partial charge in [0.05, 0.1) is 0 Å². The molecule has 0 unspecified atom stereocenters. The molecule has 0 N–H and O–H groups in total. The van der Waals surface area contributed by atoms with E-state index in [9.17, 15) is 0 Å². The summed E-state index contributed by atoms with van der Waals surface area (Å²) in [4.78, 5) is 0. The van der Waals surface area contributed by atoms with Gasteiger partial charge in [0, 0.05) is 0 Å². The minimum absolute atomic E-state index is 1.30. The van der Waals surface area contributed by atoms with E-state index in [-0.39, 0.29) is 0 Å². The van der Waals surface area contributed by atoms with E-state index < -0.39 is 43.5 Å². The Balaban J connectivity index is 1.51. The van der Waals surface area contributed by atoms with Crippen molar-refractivity contribution >= 4 is 84.7 Å². The fraction of sp³-hybridized carbons (Fsp3) is 0.0833. The second-order valence-corrected chi connectivity index (χ2v) is 30.4. The van der Waals surface area contributed by atoms with Crippen LogP contribution in [0.15, 0.2) is 170 Å². The van der Waals surface area contributed by atoms with Gasteiger partial charge in [-0.1, -0.05) is 0 Å². The van der Waals surface area contributed by atoms with Gasteiger partial charge in [0.15, 0.2) is 0 Å². The maximum absolute atomic E-state index is 2.87. The summed E-state index contributed by atoms with van der Waals surface area (Å²) < 4.78 is 9.18. The first-order chi connectivity index (χ1) is 24.4. The zero-order chi connectivity index (χ0) is 34.2. The second-order valence-electron chi connectivity index (χ2n) is 13.4. The maximum atomic E-state index is 2.52. The van der Waals surface area contributed by atoms with E-state index in [2.05, 4.69) is 198 Å². The van der Waals surface area contributed by atoms with Crippen LogP contribution in [0.5, 0.6) is 0 Å². The van der Waals surface area contributed by atoms with Crippen LogP contribution in [0.4, 0.5) is 0 Å². The minimum atomic E-state index is -2.87. The molecule has 0 fully saturated rings. The van der Waals surface area contributed by atoms with Crippen LogP contribution in [0.2, 0.25) is 0 Å². The first-order valence-electron chi connectivity index (χ1n) is 17.4. The first-order valence-corrected chi connectivity index (χ1v) is 27.8. The molecule has 0 atom stereocenters. The van der Waals surface area contributed by atoms with Crippen molar-refractivity contribution in [3.05, 3.63) is 192 Å². The van der Waals surface area contributed by atoms with Crippen LogP contribution in [0.3, 0.4) is 0 Å². The van der Waals surface area contributed by atoms with Crippen LogP contribution in [-0.4, -0.2) is 43.5 Å². The Morgan fingerprint density at radius 2 is 0.560 bits per heavy atom. The van der Waals surface area contributed by atoms with Crippen molar-refractivity contribution in [1.29, 1.82) is 0 Å². The van der Waals surface area contributed by atoms with Crippen molar-refractivity contribution in [2.24, 2.45) is 0 Å². The van der Waals surface area contributed by atoms with E-state index in [1.54, 1.807) is 6.54 Å². The number of hydrogen-bond acceptors (Lipinski definition) is 0. The van der Waals surface area contributed by atoms with Gasteiger partial charge in [-0.25, -0.2) is 0 Å². The van der Waals surface area contributed by atoms with Crippen LogP contribution in [0.25, 0.3) is 32.7 Å². The molecule has 8 rings (SSSR count). The predicted molar refractivity (Wildman–Crippen MR) is 221 cm³/mol. The molecule has 0 aromatic heterocycles. The van der Waals surface area contributed by atoms with Gasteiger partial charge in [-0.15, -0.1) is 0 Å². The fourth-order valence-corrected chi connectivity index (χ4v) is 25.9. The van der Waals surface area contributed by atoms with Gasteiger partial charge in [-0.05, 0) is 0 Å². The predicted octanol–water partition coefficient (Wildman–Crippen LogP) is 7.93. The van der Waals surface area contributed by atoms with Crippen LogP contribution < -0.4 is 19.6 Å². The number of benzene rings is 8. The summed E-state index contributed by atoms with van der Waals surface area (Å²) >= 11 is -5.74. The third-order valence-corrected chi connectivity index (χ3v) is 29.0. The van der Waals surface area contributed by atoms with Crippen molar-refractivity contribution in [2.75, 3.05) is 0 Å². The summed E-state index contributed by atoms with van der Waals surface area (Å²) in [7, 11) is 0. The summed E-state index contributed by atoms with van der Waals surface area (Å²) in [5, 5.41) is 5.33. The van der Waals surface area contributed by atoms with Gasteiger partial charge in [0.1, 0.15) is 0 Å². The Bertz CT molecular complexity index is 2170. The number of aryl methyl sites for hydroxylation is 4. The molecule has 0 aliphatic carbocycles. The van der Waals surface area contributed by atoms with Gasteiger partial charge >= 0.3 is 316 Å². The van der Waals surface area contributed by atoms with Gasteiger partial charge in [-0.3, -0.25) is 0 Å². The third-order valence-electron chi connectivity index (χ3n) is 9.71. The summed E-state index contributed by atoms with van der Waals surface area (Å²) in [6.45, 7) is 8.80. The molecule has 0 amide bonds. The van der Waals surface area contributed by atoms with Crippen molar-refractivity contribution < 1.29 is 0 Å². The molecule has 8 aromatic carbocycles. The molecule has 0 saturated heterocycles. The molecule has 0 spiro atoms. The van der Waals surface area contributed by atoms with Crippen LogP contribution in [-0.2, 0) is 0 Å². The van der Waals surface area contributed by atoms with Gasteiger partial charge in [0.25, 0.3) is 0 Å². The molecule has 0 nitrogen and oxygen atoms in total. The van der Waals surface area contributed by atoms with Crippen LogP contribution in [0, 0.1) is 27.7 Å². The molecule has 0 aliphatic heterocycles. The molecule has 0 heterocycles. The van der Waals surface area contributed by atoms with E-state index in [0.717, 1.165) is 0 Å². The normalized spacial score (nSPS) is 11.6. The molecular weight excluding hydrogens is 994 g/mol. The Hall–Kier alpha value is -3.95. The van der Waals surface area contributed by atoms with Gasteiger partial charge in [0.2, 0.25) is 0 Å². The van der Waals surface area contributed by atoms with Crippen LogP contribution >= 0.6 is 0 Å². The van der Waals surface area contributed by atoms with E-state index in [1.807, 2.05) is 0 Å². The van der Waals surface area contributed by atoms with Crippen LogP contribution in [0.1, 0.15) is 22.3 Å². The third kappa shape index (κ3) is 6.50. The van der Waals surface area contributed by atoms with Crippen molar-refractivity contribution in [2.45, 2.75) is 27.7 Å². The summed E-state index contributed by atoms with van der Waals surface area (Å²) in [6, 6.07) is 66.0. The zero-order valence-electron chi connectivity index (χ0n) is 29.1. The quantitative estimate of drug-likeness (QED) is 0.143. The number of rotatable bonds is 7. The summed E-state index contributed by atoms with van der Waals surface area (Å²) in [6.07, 6.45) is 0. The summed E-state index contributed by atoms with van der Waals surface area (Å²) in [5.74, 6) is 0. The summed E-state index contributed by atoms with van der Waals surface area (Å²) in [5.41, 5.74) is 8.14. The Labute approximate surface area is 312 Å². The molecule has 50 heavy (non-hydrogen) atoms. The SMILES string of the molecule is Cc1cc[c]([Bi]([c]2ccc(C)cc2)[c]2ccc3ccccc3c2-c2[c]([Bi]([c]3ccc(C)cc3)[c]3ccc(C)cc3)ccc3ccccc23)cc1. The Morgan fingerprint density at radius 3 is 0.860 bits per heavy atom. The molecule has 8 aromatic rings. The molecule has 0 saturated carbocycles. The van der Waals surface area contributed by atoms with Gasteiger partial charge in [-0.2, -0.15) is 0 Å². The average Bonchev–Trinajstić information content (AvgIpc) is 3.15. The Morgan fingerprint density at radius 1 is 0.280 bits per heavy atom. The van der Waals surface area contributed by atoms with E-state index >= 15 is 0 Å². The van der Waals surface area contributed by atoms with E-state index in [0.29, 0.717) is 0 Å². The molecule has 0 bridgehead atoms. The first kappa shape index (κ1) is 33.2. The number of hydrogen-bond donors (Lipinski definition) is 0. The van der Waals surface area contributed by atoms with E-state index in [1.165, 1.54) is 68.0 Å². The monoisotopic (exact) mass is 1030 g/mol. The molecular formula is C48H40Bi2. The zero-order valence-corrected chi connectivity index (χ0v) is 36.0. The second kappa shape index (κ2) is 14.3.